The van der Waals surface area contributed by atoms with E-state index in [1.807, 2.05) is 40.1 Å². The number of likely N-dealkylation sites (tertiary alicyclic amines) is 2. The lowest BCUT2D eigenvalue weighted by molar-refractivity contribution is -0.146. The minimum absolute atomic E-state index is 0.0828. The molecule has 0 saturated carbocycles. The summed E-state index contributed by atoms with van der Waals surface area (Å²) in [4.78, 5) is 30.0. The van der Waals surface area contributed by atoms with Crippen LogP contribution in [0.15, 0.2) is 30.3 Å². The fourth-order valence-electron chi connectivity index (χ4n) is 4.32. The molecule has 1 N–H and O–H groups in total. The molecule has 3 fully saturated rings. The summed E-state index contributed by atoms with van der Waals surface area (Å²) in [6.07, 6.45) is 4.03. The minimum Gasteiger partial charge on any atom is -0.381 e. The highest BCUT2D eigenvalue weighted by Gasteiger charge is 2.46. The summed E-state index contributed by atoms with van der Waals surface area (Å²) in [6.45, 7) is 4.32. The van der Waals surface area contributed by atoms with Gasteiger partial charge in [0.25, 0.3) is 0 Å². The van der Waals surface area contributed by atoms with Crippen LogP contribution in [0.4, 0.5) is 5.69 Å². The van der Waals surface area contributed by atoms with Crippen LogP contribution in [0.25, 0.3) is 0 Å². The molecule has 146 valence electrons. The minimum atomic E-state index is -0.603. The predicted molar refractivity (Wildman–Crippen MR) is 103 cm³/mol. The summed E-state index contributed by atoms with van der Waals surface area (Å²) >= 11 is 0. The molecule has 1 aromatic rings. The van der Waals surface area contributed by atoms with Crippen LogP contribution in [0.2, 0.25) is 0 Å². The monoisotopic (exact) mass is 371 g/mol. The normalized spacial score (nSPS) is 22.8. The first-order valence-corrected chi connectivity index (χ1v) is 10.2. The molecule has 0 aliphatic carbocycles. The Balaban J connectivity index is 1.46. The average Bonchev–Trinajstić information content (AvgIpc) is 2.68. The molecular formula is C21H29N3O3. The topological polar surface area (TPSA) is 61.9 Å². The SMILES string of the molecule is O=C(C1CCOCC1)N1CCC(Nc2ccccc2)(C(=O)N2CCC2)CC1. The summed E-state index contributed by atoms with van der Waals surface area (Å²) in [6, 6.07) is 9.95. The molecule has 4 rings (SSSR count). The van der Waals surface area contributed by atoms with E-state index in [9.17, 15) is 9.59 Å². The third-order valence-corrected chi connectivity index (χ3v) is 6.21. The first-order chi connectivity index (χ1) is 13.2. The van der Waals surface area contributed by atoms with Crippen LogP contribution >= 0.6 is 0 Å². The van der Waals surface area contributed by atoms with E-state index in [4.69, 9.17) is 4.74 Å². The maximum atomic E-state index is 13.2. The predicted octanol–water partition coefficient (Wildman–Crippen LogP) is 2.12. The van der Waals surface area contributed by atoms with E-state index >= 15 is 0 Å². The van der Waals surface area contributed by atoms with Crippen molar-refractivity contribution in [3.05, 3.63) is 30.3 Å². The molecule has 1 aromatic carbocycles. The molecule has 0 spiro atoms. The van der Waals surface area contributed by atoms with Gasteiger partial charge < -0.3 is 19.9 Å². The van der Waals surface area contributed by atoms with Gasteiger partial charge in [0.1, 0.15) is 5.54 Å². The van der Waals surface area contributed by atoms with Crippen LogP contribution in [0, 0.1) is 5.92 Å². The number of piperidine rings is 1. The number of hydrogen-bond donors (Lipinski definition) is 1. The number of anilines is 1. The van der Waals surface area contributed by atoms with Gasteiger partial charge in [-0.25, -0.2) is 0 Å². The first-order valence-electron chi connectivity index (χ1n) is 10.2. The Morgan fingerprint density at radius 3 is 2.22 bits per heavy atom. The lowest BCUT2D eigenvalue weighted by Gasteiger charge is -2.46. The van der Waals surface area contributed by atoms with Crippen molar-refractivity contribution in [2.45, 2.75) is 37.6 Å². The van der Waals surface area contributed by atoms with Crippen LogP contribution in [0.5, 0.6) is 0 Å². The van der Waals surface area contributed by atoms with Crippen molar-refractivity contribution in [3.8, 4) is 0 Å². The van der Waals surface area contributed by atoms with Crippen molar-refractivity contribution < 1.29 is 14.3 Å². The molecule has 2 amide bonds. The largest absolute Gasteiger partial charge is 0.381 e. The fraction of sp³-hybridized carbons (Fsp3) is 0.619. The van der Waals surface area contributed by atoms with Crippen LogP contribution < -0.4 is 5.32 Å². The van der Waals surface area contributed by atoms with E-state index in [1.54, 1.807) is 0 Å². The van der Waals surface area contributed by atoms with Gasteiger partial charge in [-0.1, -0.05) is 18.2 Å². The number of rotatable bonds is 4. The van der Waals surface area contributed by atoms with E-state index in [1.165, 1.54) is 0 Å². The molecule has 0 radical (unpaired) electrons. The van der Waals surface area contributed by atoms with Gasteiger partial charge in [0.05, 0.1) is 0 Å². The van der Waals surface area contributed by atoms with Gasteiger partial charge >= 0.3 is 0 Å². The van der Waals surface area contributed by atoms with Crippen molar-refractivity contribution >= 4 is 17.5 Å². The number of nitrogens with zero attached hydrogens (tertiary/aromatic N) is 2. The maximum absolute atomic E-state index is 13.2. The zero-order valence-corrected chi connectivity index (χ0v) is 15.9. The summed E-state index contributed by atoms with van der Waals surface area (Å²) in [5, 5.41) is 3.53. The Labute approximate surface area is 160 Å². The molecule has 3 aliphatic rings. The highest BCUT2D eigenvalue weighted by molar-refractivity contribution is 5.90. The molecule has 6 heteroatoms. The third-order valence-electron chi connectivity index (χ3n) is 6.21. The van der Waals surface area contributed by atoms with Gasteiger partial charge in [-0.3, -0.25) is 9.59 Å². The summed E-state index contributed by atoms with van der Waals surface area (Å²) in [5.41, 5.74) is 0.365. The molecule has 6 nitrogen and oxygen atoms in total. The average molecular weight is 371 g/mol. The number of benzene rings is 1. The highest BCUT2D eigenvalue weighted by Crippen LogP contribution is 2.32. The van der Waals surface area contributed by atoms with Crippen molar-refractivity contribution in [2.24, 2.45) is 5.92 Å². The van der Waals surface area contributed by atoms with Crippen LogP contribution in [0.1, 0.15) is 32.1 Å². The number of ether oxygens (including phenoxy) is 1. The van der Waals surface area contributed by atoms with Gasteiger partial charge in [-0.2, -0.15) is 0 Å². The van der Waals surface area contributed by atoms with E-state index < -0.39 is 5.54 Å². The van der Waals surface area contributed by atoms with Gasteiger partial charge in [-0.15, -0.1) is 0 Å². The molecular weight excluding hydrogens is 342 g/mol. The van der Waals surface area contributed by atoms with Crippen molar-refractivity contribution in [3.63, 3.8) is 0 Å². The number of carbonyl (C=O) groups is 2. The van der Waals surface area contributed by atoms with E-state index in [0.717, 1.165) is 38.0 Å². The smallest absolute Gasteiger partial charge is 0.248 e. The van der Waals surface area contributed by atoms with Crippen molar-refractivity contribution in [2.75, 3.05) is 44.7 Å². The quantitative estimate of drug-likeness (QED) is 0.881. The van der Waals surface area contributed by atoms with E-state index in [0.29, 0.717) is 39.1 Å². The maximum Gasteiger partial charge on any atom is 0.248 e. The number of nitrogens with one attached hydrogen (secondary N) is 1. The molecule has 0 unspecified atom stereocenters. The fourth-order valence-corrected chi connectivity index (χ4v) is 4.32. The van der Waals surface area contributed by atoms with Crippen LogP contribution in [0.3, 0.4) is 0 Å². The lowest BCUT2D eigenvalue weighted by Crippen LogP contribution is -2.62. The molecule has 3 aliphatic heterocycles. The molecule has 3 saturated heterocycles. The van der Waals surface area contributed by atoms with Crippen molar-refractivity contribution in [1.29, 1.82) is 0 Å². The van der Waals surface area contributed by atoms with Gasteiger partial charge in [0, 0.05) is 51.0 Å². The van der Waals surface area contributed by atoms with Gasteiger partial charge in [-0.05, 0) is 44.2 Å². The number of para-hydroxylation sites is 1. The van der Waals surface area contributed by atoms with Crippen LogP contribution in [-0.4, -0.2) is 66.5 Å². The number of amides is 2. The van der Waals surface area contributed by atoms with Crippen molar-refractivity contribution in [1.82, 2.24) is 9.80 Å². The molecule has 0 atom stereocenters. The van der Waals surface area contributed by atoms with Gasteiger partial charge in [0.15, 0.2) is 0 Å². The highest BCUT2D eigenvalue weighted by atomic mass is 16.5. The Morgan fingerprint density at radius 1 is 0.963 bits per heavy atom. The first kappa shape index (κ1) is 18.3. The summed E-state index contributed by atoms with van der Waals surface area (Å²) in [5.74, 6) is 0.512. The molecule has 27 heavy (non-hydrogen) atoms. The second-order valence-corrected chi connectivity index (χ2v) is 7.93. The van der Waals surface area contributed by atoms with Crippen LogP contribution in [-0.2, 0) is 14.3 Å². The third kappa shape index (κ3) is 3.81. The Morgan fingerprint density at radius 2 is 1.63 bits per heavy atom. The summed E-state index contributed by atoms with van der Waals surface area (Å²) < 4.78 is 5.38. The lowest BCUT2D eigenvalue weighted by atomic mass is 9.84. The molecule has 0 aromatic heterocycles. The zero-order chi connectivity index (χ0) is 18.7. The molecule has 3 heterocycles. The van der Waals surface area contributed by atoms with E-state index in [2.05, 4.69) is 5.32 Å². The standard InChI is InChI=1S/C21H29N3O3/c25-19(17-7-15-27-16-8-17)23-13-9-21(10-14-23,20(26)24-11-4-12-24)22-18-5-2-1-3-6-18/h1-3,5-6,17,22H,4,7-16H2. The second-order valence-electron chi connectivity index (χ2n) is 7.93. The number of carbonyl (C=O) groups excluding carboxylic acids is 2. The van der Waals surface area contributed by atoms with Gasteiger partial charge in [0.2, 0.25) is 11.8 Å². The van der Waals surface area contributed by atoms with E-state index in [-0.39, 0.29) is 17.7 Å². The zero-order valence-electron chi connectivity index (χ0n) is 15.9. The summed E-state index contributed by atoms with van der Waals surface area (Å²) in [7, 11) is 0. The Kier molecular flexibility index (Phi) is 5.34. The number of hydrogen-bond acceptors (Lipinski definition) is 4. The Bertz CT molecular complexity index is 661. The molecule has 0 bridgehead atoms. The second kappa shape index (κ2) is 7.89. The Hall–Kier alpha value is -2.08.